The smallest absolute Gasteiger partial charge is 0.320 e. The minimum Gasteiger partial charge on any atom is -0.320 e. The van der Waals surface area contributed by atoms with E-state index in [1.54, 1.807) is 4.90 Å². The SMILES string of the molecule is CC(C)N1CCN(c2ccccc2CN=C=O)C1=O. The van der Waals surface area contributed by atoms with Crippen molar-refractivity contribution < 1.29 is 9.59 Å². The third-order valence-corrected chi connectivity index (χ3v) is 3.26. The molecule has 19 heavy (non-hydrogen) atoms. The molecule has 1 heterocycles. The van der Waals surface area contributed by atoms with Crippen molar-refractivity contribution in [3.05, 3.63) is 29.8 Å². The summed E-state index contributed by atoms with van der Waals surface area (Å²) in [6.07, 6.45) is 1.53. The molecule has 0 N–H and O–H groups in total. The van der Waals surface area contributed by atoms with E-state index in [1.807, 2.05) is 43.0 Å². The van der Waals surface area contributed by atoms with Gasteiger partial charge in [-0.25, -0.2) is 14.6 Å². The highest BCUT2D eigenvalue weighted by atomic mass is 16.2. The number of anilines is 1. The highest BCUT2D eigenvalue weighted by Gasteiger charge is 2.31. The lowest BCUT2D eigenvalue weighted by atomic mass is 10.1. The predicted molar refractivity (Wildman–Crippen MR) is 72.9 cm³/mol. The first-order valence-corrected chi connectivity index (χ1v) is 6.35. The van der Waals surface area contributed by atoms with E-state index in [0.717, 1.165) is 17.8 Å². The summed E-state index contributed by atoms with van der Waals surface area (Å²) < 4.78 is 0. The molecule has 0 atom stereocenters. The van der Waals surface area contributed by atoms with E-state index in [9.17, 15) is 9.59 Å². The van der Waals surface area contributed by atoms with Crippen molar-refractivity contribution in [2.45, 2.75) is 26.4 Å². The zero-order valence-corrected chi connectivity index (χ0v) is 11.2. The van der Waals surface area contributed by atoms with E-state index in [2.05, 4.69) is 4.99 Å². The molecule has 0 aromatic heterocycles. The number of hydrogen-bond donors (Lipinski definition) is 0. The maximum atomic E-state index is 12.3. The number of carbonyl (C=O) groups is 1. The molecule has 1 fully saturated rings. The maximum Gasteiger partial charge on any atom is 0.324 e. The van der Waals surface area contributed by atoms with Crippen LogP contribution in [0.2, 0.25) is 0 Å². The monoisotopic (exact) mass is 259 g/mol. The van der Waals surface area contributed by atoms with Crippen molar-refractivity contribution in [1.82, 2.24) is 4.90 Å². The normalized spacial score (nSPS) is 15.0. The lowest BCUT2D eigenvalue weighted by molar-refractivity contribution is 0.209. The van der Waals surface area contributed by atoms with Crippen LogP contribution in [0.5, 0.6) is 0 Å². The van der Waals surface area contributed by atoms with Crippen LogP contribution in [0.3, 0.4) is 0 Å². The van der Waals surface area contributed by atoms with Crippen LogP contribution in [0.25, 0.3) is 0 Å². The summed E-state index contributed by atoms with van der Waals surface area (Å²) in [5, 5.41) is 0. The van der Waals surface area contributed by atoms with Crippen molar-refractivity contribution in [2.75, 3.05) is 18.0 Å². The molecular formula is C14H17N3O2. The van der Waals surface area contributed by atoms with Gasteiger partial charge in [-0.1, -0.05) is 18.2 Å². The van der Waals surface area contributed by atoms with Crippen molar-refractivity contribution in [1.29, 1.82) is 0 Å². The average molecular weight is 259 g/mol. The molecule has 2 amide bonds. The molecule has 1 aromatic carbocycles. The Labute approximate surface area is 112 Å². The Morgan fingerprint density at radius 1 is 1.32 bits per heavy atom. The minimum atomic E-state index is 0.0116. The molecule has 0 spiro atoms. The van der Waals surface area contributed by atoms with Crippen molar-refractivity contribution in [3.63, 3.8) is 0 Å². The molecule has 0 bridgehead atoms. The Kier molecular flexibility index (Phi) is 3.97. The third kappa shape index (κ3) is 2.66. The number of hydrogen-bond acceptors (Lipinski definition) is 3. The minimum absolute atomic E-state index is 0.0116. The fourth-order valence-corrected chi connectivity index (χ4v) is 2.28. The van der Waals surface area contributed by atoms with Gasteiger partial charge in [0.2, 0.25) is 6.08 Å². The Morgan fingerprint density at radius 2 is 2.05 bits per heavy atom. The van der Waals surface area contributed by atoms with Gasteiger partial charge in [-0.05, 0) is 25.5 Å². The average Bonchev–Trinajstić information content (AvgIpc) is 2.78. The molecule has 0 radical (unpaired) electrons. The molecule has 0 aliphatic carbocycles. The summed E-state index contributed by atoms with van der Waals surface area (Å²) in [6, 6.07) is 7.73. The van der Waals surface area contributed by atoms with Gasteiger partial charge in [0.15, 0.2) is 0 Å². The van der Waals surface area contributed by atoms with Crippen molar-refractivity contribution in [2.24, 2.45) is 4.99 Å². The lowest BCUT2D eigenvalue weighted by Crippen LogP contribution is -2.36. The summed E-state index contributed by atoms with van der Waals surface area (Å²) >= 11 is 0. The second-order valence-electron chi connectivity index (χ2n) is 4.76. The molecule has 1 saturated heterocycles. The molecule has 1 aliphatic rings. The van der Waals surface area contributed by atoms with E-state index in [0.29, 0.717) is 6.54 Å². The second-order valence-corrected chi connectivity index (χ2v) is 4.76. The molecule has 0 saturated carbocycles. The molecular weight excluding hydrogens is 242 g/mol. The number of isocyanates is 1. The predicted octanol–water partition coefficient (Wildman–Crippen LogP) is 2.17. The van der Waals surface area contributed by atoms with Crippen LogP contribution in [-0.2, 0) is 11.3 Å². The Balaban J connectivity index is 2.28. The molecule has 5 nitrogen and oxygen atoms in total. The highest BCUT2D eigenvalue weighted by molar-refractivity contribution is 5.95. The summed E-state index contributed by atoms with van der Waals surface area (Å²) in [4.78, 5) is 29.7. The van der Waals surface area contributed by atoms with Gasteiger partial charge in [0.05, 0.1) is 12.2 Å². The van der Waals surface area contributed by atoms with Gasteiger partial charge in [0.1, 0.15) is 0 Å². The molecule has 1 aliphatic heterocycles. The van der Waals surface area contributed by atoms with Gasteiger partial charge in [0, 0.05) is 19.1 Å². The maximum absolute atomic E-state index is 12.3. The Bertz CT molecular complexity index is 521. The van der Waals surface area contributed by atoms with Gasteiger partial charge in [-0.2, -0.15) is 0 Å². The second kappa shape index (κ2) is 5.67. The standard InChI is InChI=1S/C14H17N3O2/c1-11(2)16-7-8-17(14(16)19)13-6-4-3-5-12(13)9-15-10-18/h3-6,11H,7-9H2,1-2H3. The molecule has 5 heteroatoms. The lowest BCUT2D eigenvalue weighted by Gasteiger charge is -2.22. The van der Waals surface area contributed by atoms with Crippen LogP contribution in [0.4, 0.5) is 10.5 Å². The molecule has 0 unspecified atom stereocenters. The number of aliphatic imine (C=N–C) groups is 1. The van der Waals surface area contributed by atoms with Gasteiger partial charge in [0.25, 0.3) is 0 Å². The molecule has 2 rings (SSSR count). The van der Waals surface area contributed by atoms with Gasteiger partial charge >= 0.3 is 6.03 Å². The number of amides is 2. The third-order valence-electron chi connectivity index (χ3n) is 3.26. The topological polar surface area (TPSA) is 53.0 Å². The first-order chi connectivity index (χ1) is 9.15. The number of carbonyl (C=O) groups excluding carboxylic acids is 2. The fraction of sp³-hybridized carbons (Fsp3) is 0.429. The van der Waals surface area contributed by atoms with Crippen LogP contribution in [0.15, 0.2) is 29.3 Å². The zero-order chi connectivity index (χ0) is 13.8. The Hall–Kier alpha value is -2.13. The van der Waals surface area contributed by atoms with Crippen LogP contribution >= 0.6 is 0 Å². The van der Waals surface area contributed by atoms with Crippen LogP contribution < -0.4 is 4.90 Å². The van der Waals surface area contributed by atoms with E-state index >= 15 is 0 Å². The summed E-state index contributed by atoms with van der Waals surface area (Å²) in [7, 11) is 0. The first-order valence-electron chi connectivity index (χ1n) is 6.35. The van der Waals surface area contributed by atoms with Gasteiger partial charge in [-0.15, -0.1) is 0 Å². The number of nitrogens with zero attached hydrogens (tertiary/aromatic N) is 3. The highest BCUT2D eigenvalue weighted by Crippen LogP contribution is 2.26. The van der Waals surface area contributed by atoms with Gasteiger partial charge in [-0.3, -0.25) is 4.90 Å². The number of para-hydroxylation sites is 1. The van der Waals surface area contributed by atoms with Crippen LogP contribution in [0, 0.1) is 0 Å². The summed E-state index contributed by atoms with van der Waals surface area (Å²) in [5.74, 6) is 0. The van der Waals surface area contributed by atoms with Crippen molar-refractivity contribution in [3.8, 4) is 0 Å². The molecule has 100 valence electrons. The number of benzene rings is 1. The summed E-state index contributed by atoms with van der Waals surface area (Å²) in [5.41, 5.74) is 1.69. The Morgan fingerprint density at radius 3 is 2.68 bits per heavy atom. The quantitative estimate of drug-likeness (QED) is 0.614. The first kappa shape index (κ1) is 13.3. The summed E-state index contributed by atoms with van der Waals surface area (Å²) in [6.45, 7) is 5.65. The molecule has 1 aromatic rings. The van der Waals surface area contributed by atoms with E-state index in [-0.39, 0.29) is 18.6 Å². The van der Waals surface area contributed by atoms with Crippen LogP contribution in [0.1, 0.15) is 19.4 Å². The number of urea groups is 1. The zero-order valence-electron chi connectivity index (χ0n) is 11.2. The fourth-order valence-electron chi connectivity index (χ4n) is 2.28. The largest absolute Gasteiger partial charge is 0.324 e. The van der Waals surface area contributed by atoms with Crippen LogP contribution in [-0.4, -0.2) is 36.1 Å². The van der Waals surface area contributed by atoms with Crippen molar-refractivity contribution >= 4 is 17.8 Å². The number of rotatable bonds is 4. The van der Waals surface area contributed by atoms with Gasteiger partial charge < -0.3 is 4.90 Å². The van der Waals surface area contributed by atoms with E-state index in [1.165, 1.54) is 6.08 Å². The van der Waals surface area contributed by atoms with E-state index in [4.69, 9.17) is 0 Å². The van der Waals surface area contributed by atoms with E-state index < -0.39 is 0 Å².